The number of rotatable bonds is 1. The Hall–Kier alpha value is -2.93. The van der Waals surface area contributed by atoms with Gasteiger partial charge in [-0.3, -0.25) is 0 Å². The molecule has 0 aliphatic heterocycles. The molecular weight excluding hydrogens is 306 g/mol. The summed E-state index contributed by atoms with van der Waals surface area (Å²) in [7, 11) is 0. The molecular formula is C14H10ClN5O2. The summed E-state index contributed by atoms with van der Waals surface area (Å²) in [5.74, 6) is 0. The third-order valence-corrected chi connectivity index (χ3v) is 3.29. The molecule has 4 aromatic rings. The maximum absolute atomic E-state index is 10.4. The van der Waals surface area contributed by atoms with Crippen LogP contribution in [0.15, 0.2) is 61.1 Å². The molecule has 0 saturated heterocycles. The van der Waals surface area contributed by atoms with Gasteiger partial charge in [0.15, 0.2) is 6.20 Å². The summed E-state index contributed by atoms with van der Waals surface area (Å²) in [5.41, 5.74) is 2.39. The lowest BCUT2D eigenvalue weighted by Gasteiger charge is -1.91. The lowest BCUT2D eigenvalue weighted by molar-refractivity contribution is -0.548. The van der Waals surface area contributed by atoms with Gasteiger partial charge in [0.2, 0.25) is 0 Å². The average Bonchev–Trinajstić information content (AvgIpc) is 3.13. The topological polar surface area (TPSA) is 78.8 Å². The van der Waals surface area contributed by atoms with Crippen LogP contribution in [0.1, 0.15) is 0 Å². The minimum absolute atomic E-state index is 0.516. The summed E-state index contributed by atoms with van der Waals surface area (Å²) in [5, 5.41) is 14.2. The second kappa shape index (κ2) is 5.82. The molecule has 2 heterocycles. The lowest BCUT2D eigenvalue weighted by Crippen LogP contribution is -2.09. The molecule has 0 aliphatic carbocycles. The summed E-state index contributed by atoms with van der Waals surface area (Å²) in [6, 6.07) is 14.7. The Balaban J connectivity index is 0.000000133. The normalized spacial score (nSPS) is 10.4. The molecule has 0 radical (unpaired) electrons. The monoisotopic (exact) mass is 315 g/mol. The molecule has 4 rings (SSSR count). The van der Waals surface area contributed by atoms with E-state index >= 15 is 0 Å². The van der Waals surface area contributed by atoms with Crippen LogP contribution in [-0.4, -0.2) is 24.0 Å². The van der Waals surface area contributed by atoms with Crippen molar-refractivity contribution in [2.75, 3.05) is 0 Å². The highest BCUT2D eigenvalue weighted by Gasteiger charge is 2.08. The zero-order chi connectivity index (χ0) is 15.5. The summed E-state index contributed by atoms with van der Waals surface area (Å²) < 4.78 is 1.48. The highest BCUT2D eigenvalue weighted by atomic mass is 35.5. The smallest absolute Gasteiger partial charge is 0.175 e. The largest absolute Gasteiger partial charge is 0.339 e. The highest BCUT2D eigenvalue weighted by molar-refractivity contribution is 6.18. The van der Waals surface area contributed by atoms with E-state index in [1.54, 1.807) is 24.5 Å². The fourth-order valence-corrected chi connectivity index (χ4v) is 2.20. The molecule has 0 N–H and O–H groups in total. The van der Waals surface area contributed by atoms with Gasteiger partial charge in [0.25, 0.3) is 0 Å². The van der Waals surface area contributed by atoms with E-state index in [1.807, 2.05) is 30.3 Å². The lowest BCUT2D eigenvalue weighted by atomic mass is 10.3. The molecule has 0 unspecified atom stereocenters. The van der Waals surface area contributed by atoms with Gasteiger partial charge in [0, 0.05) is 21.7 Å². The van der Waals surface area contributed by atoms with Crippen LogP contribution in [0.3, 0.4) is 0 Å². The Morgan fingerprint density at radius 3 is 2.45 bits per heavy atom. The number of nitro groups is 1. The molecule has 0 amide bonds. The SMILES string of the molecule is Cln1cnc2ccccc21.O=[N+]([O-])n1ncc2ccccc21. The summed E-state index contributed by atoms with van der Waals surface area (Å²) in [4.78, 5) is 15.2. The number of fused-ring (bicyclic) bond motifs is 2. The van der Waals surface area contributed by atoms with E-state index in [9.17, 15) is 10.1 Å². The van der Waals surface area contributed by atoms with Crippen LogP contribution in [0.4, 0.5) is 0 Å². The van der Waals surface area contributed by atoms with E-state index in [1.165, 1.54) is 10.3 Å². The van der Waals surface area contributed by atoms with Crippen LogP contribution in [0.5, 0.6) is 0 Å². The van der Waals surface area contributed by atoms with Crippen molar-refractivity contribution in [1.29, 1.82) is 0 Å². The van der Waals surface area contributed by atoms with Crippen LogP contribution >= 0.6 is 11.8 Å². The second-order valence-electron chi connectivity index (χ2n) is 4.38. The predicted molar refractivity (Wildman–Crippen MR) is 83.1 cm³/mol. The van der Waals surface area contributed by atoms with Crippen LogP contribution in [0.25, 0.3) is 21.9 Å². The van der Waals surface area contributed by atoms with Crippen molar-refractivity contribution in [2.24, 2.45) is 0 Å². The fourth-order valence-electron chi connectivity index (χ4n) is 2.02. The van der Waals surface area contributed by atoms with E-state index in [4.69, 9.17) is 11.8 Å². The van der Waals surface area contributed by atoms with E-state index in [2.05, 4.69) is 10.1 Å². The molecule has 0 aliphatic rings. The van der Waals surface area contributed by atoms with E-state index in [-0.39, 0.29) is 0 Å². The minimum atomic E-state index is -0.553. The van der Waals surface area contributed by atoms with Gasteiger partial charge in [-0.05, 0) is 24.3 Å². The Morgan fingerprint density at radius 1 is 1.05 bits per heavy atom. The second-order valence-corrected chi connectivity index (χ2v) is 4.74. The number of hydrogen-bond donors (Lipinski definition) is 0. The molecule has 0 atom stereocenters. The number of imidazole rings is 1. The maximum Gasteiger partial charge on any atom is 0.175 e. The van der Waals surface area contributed by atoms with Gasteiger partial charge in [-0.25, -0.2) is 9.07 Å². The first-order chi connectivity index (χ1) is 10.7. The van der Waals surface area contributed by atoms with Crippen molar-refractivity contribution in [3.8, 4) is 0 Å². The molecule has 0 spiro atoms. The Kier molecular flexibility index (Phi) is 3.71. The molecule has 110 valence electrons. The van der Waals surface area contributed by atoms with Gasteiger partial charge >= 0.3 is 0 Å². The minimum Gasteiger partial charge on any atom is -0.339 e. The number of nitrogens with zero attached hydrogens (tertiary/aromatic N) is 5. The highest BCUT2D eigenvalue weighted by Crippen LogP contribution is 2.12. The van der Waals surface area contributed by atoms with Crippen molar-refractivity contribution in [3.63, 3.8) is 0 Å². The van der Waals surface area contributed by atoms with Crippen molar-refractivity contribution >= 4 is 33.7 Å². The fraction of sp³-hybridized carbons (Fsp3) is 0. The third kappa shape index (κ3) is 2.61. The van der Waals surface area contributed by atoms with Gasteiger partial charge in [0.1, 0.15) is 11.8 Å². The first-order valence-corrected chi connectivity index (χ1v) is 6.66. The zero-order valence-corrected chi connectivity index (χ0v) is 12.0. The van der Waals surface area contributed by atoms with Gasteiger partial charge in [-0.15, -0.1) is 0 Å². The molecule has 2 aromatic carbocycles. The van der Waals surface area contributed by atoms with Gasteiger partial charge in [-0.2, -0.15) is 0 Å². The maximum atomic E-state index is 10.4. The van der Waals surface area contributed by atoms with Gasteiger partial charge in [0.05, 0.1) is 21.5 Å². The third-order valence-electron chi connectivity index (χ3n) is 3.02. The van der Waals surface area contributed by atoms with Crippen molar-refractivity contribution < 1.29 is 5.03 Å². The Labute approximate surface area is 129 Å². The molecule has 22 heavy (non-hydrogen) atoms. The first kappa shape index (κ1) is 14.0. The Bertz CT molecular complexity index is 946. The summed E-state index contributed by atoms with van der Waals surface area (Å²) in [6.45, 7) is 0. The number of benzene rings is 2. The number of aromatic nitrogens is 4. The standard InChI is InChI=1S/C7H5ClN2.C7H5N3O2/c8-10-5-9-6-3-1-2-4-7(6)10;11-10(12)9-7-4-2-1-3-6(7)5-8-9/h1-5H;1-5H. The van der Waals surface area contributed by atoms with E-state index in [0.717, 1.165) is 21.2 Å². The molecule has 8 heteroatoms. The van der Waals surface area contributed by atoms with Crippen LogP contribution < -0.4 is 0 Å². The van der Waals surface area contributed by atoms with Gasteiger partial charge < -0.3 is 10.1 Å². The van der Waals surface area contributed by atoms with Crippen LogP contribution in [-0.2, 0) is 0 Å². The molecule has 0 bridgehead atoms. The number of hydrogen-bond acceptors (Lipinski definition) is 4. The molecule has 2 aromatic heterocycles. The molecule has 0 saturated carbocycles. The van der Waals surface area contributed by atoms with E-state index in [0.29, 0.717) is 5.52 Å². The summed E-state index contributed by atoms with van der Waals surface area (Å²) >= 11 is 5.73. The number of halogens is 1. The zero-order valence-electron chi connectivity index (χ0n) is 11.2. The molecule has 7 nitrogen and oxygen atoms in total. The van der Waals surface area contributed by atoms with Crippen LogP contribution in [0.2, 0.25) is 0 Å². The Morgan fingerprint density at radius 2 is 1.73 bits per heavy atom. The quantitative estimate of drug-likeness (QED) is 0.399. The van der Waals surface area contributed by atoms with E-state index < -0.39 is 5.03 Å². The first-order valence-electron chi connectivity index (χ1n) is 6.32. The van der Waals surface area contributed by atoms with Crippen molar-refractivity contribution in [2.45, 2.75) is 0 Å². The molecule has 0 fully saturated rings. The van der Waals surface area contributed by atoms with Gasteiger partial charge in [-0.1, -0.05) is 24.3 Å². The summed E-state index contributed by atoms with van der Waals surface area (Å²) in [6.07, 6.45) is 3.06. The predicted octanol–water partition coefficient (Wildman–Crippen LogP) is 3.11. The average molecular weight is 316 g/mol. The van der Waals surface area contributed by atoms with Crippen molar-refractivity contribution in [1.82, 2.24) is 19.0 Å². The van der Waals surface area contributed by atoms with Crippen molar-refractivity contribution in [3.05, 3.63) is 71.2 Å². The number of para-hydroxylation sites is 3. The van der Waals surface area contributed by atoms with Crippen LogP contribution in [0, 0.1) is 10.1 Å².